The van der Waals surface area contributed by atoms with Crippen LogP contribution in [0, 0.1) is 11.8 Å². The van der Waals surface area contributed by atoms with Crippen LogP contribution in [0.4, 0.5) is 0 Å². The zero-order chi connectivity index (χ0) is 14.3. The first-order valence-corrected chi connectivity index (χ1v) is 8.20. The molecule has 0 radical (unpaired) electrons. The molecule has 110 valence electrons. The van der Waals surface area contributed by atoms with E-state index in [0.29, 0.717) is 19.4 Å². The quantitative estimate of drug-likeness (QED) is 0.652. The third-order valence-electron chi connectivity index (χ3n) is 3.73. The zero-order valence-corrected chi connectivity index (χ0v) is 12.2. The molecule has 0 spiro atoms. The lowest BCUT2D eigenvalue weighted by Gasteiger charge is -2.28. The fourth-order valence-electron chi connectivity index (χ4n) is 2.52. The van der Waals surface area contributed by atoms with Gasteiger partial charge in [0.1, 0.15) is 0 Å². The second-order valence-corrected chi connectivity index (χ2v) is 6.11. The van der Waals surface area contributed by atoms with Crippen LogP contribution >= 0.6 is 11.8 Å². The molecule has 3 atom stereocenters. The maximum atomic E-state index is 11.8. The molecule has 5 nitrogen and oxygen atoms in total. The standard InChI is InChI=1S/C13H24N2O3S/c1-19-7-6-11(14)12(16)15-8-9-4-2-3-5-10(9)13(17)18/h9-11H,2-8,14H2,1H3,(H,15,16)(H,17,18)/t9?,10?,11-/m0/s1. The van der Waals surface area contributed by atoms with Gasteiger partial charge in [-0.2, -0.15) is 11.8 Å². The number of carboxylic acid groups (broad SMARTS) is 1. The molecule has 1 aliphatic rings. The number of rotatable bonds is 7. The molecule has 6 heteroatoms. The maximum Gasteiger partial charge on any atom is 0.306 e. The molecule has 1 fully saturated rings. The number of aliphatic carboxylic acids is 1. The average Bonchev–Trinajstić information content (AvgIpc) is 2.42. The smallest absolute Gasteiger partial charge is 0.306 e. The van der Waals surface area contributed by atoms with Crippen molar-refractivity contribution >= 4 is 23.6 Å². The van der Waals surface area contributed by atoms with E-state index in [1.165, 1.54) is 0 Å². The Bertz CT molecular complexity index is 312. The first kappa shape index (κ1) is 16.3. The molecule has 1 aliphatic carbocycles. The summed E-state index contributed by atoms with van der Waals surface area (Å²) in [6.45, 7) is 0.433. The van der Waals surface area contributed by atoms with E-state index in [9.17, 15) is 9.59 Å². The minimum atomic E-state index is -0.745. The van der Waals surface area contributed by atoms with E-state index in [1.807, 2.05) is 6.26 Å². The lowest BCUT2D eigenvalue weighted by Crippen LogP contribution is -2.44. The van der Waals surface area contributed by atoms with E-state index < -0.39 is 12.0 Å². The minimum Gasteiger partial charge on any atom is -0.481 e. The van der Waals surface area contributed by atoms with Crippen molar-refractivity contribution in [2.45, 2.75) is 38.1 Å². The third kappa shape index (κ3) is 5.40. The van der Waals surface area contributed by atoms with Crippen molar-refractivity contribution in [3.8, 4) is 0 Å². The maximum absolute atomic E-state index is 11.8. The van der Waals surface area contributed by atoms with Crippen LogP contribution in [0.5, 0.6) is 0 Å². The first-order valence-electron chi connectivity index (χ1n) is 6.81. The number of hydrogen-bond donors (Lipinski definition) is 3. The fraction of sp³-hybridized carbons (Fsp3) is 0.846. The molecule has 1 saturated carbocycles. The SMILES string of the molecule is CSCC[C@H](N)C(=O)NCC1CCCCC1C(=O)O. The number of amides is 1. The van der Waals surface area contributed by atoms with Gasteiger partial charge in [-0.15, -0.1) is 0 Å². The highest BCUT2D eigenvalue weighted by Crippen LogP contribution is 2.29. The number of carbonyl (C=O) groups excluding carboxylic acids is 1. The van der Waals surface area contributed by atoms with Gasteiger partial charge < -0.3 is 16.2 Å². The fourth-order valence-corrected chi connectivity index (χ4v) is 3.01. The summed E-state index contributed by atoms with van der Waals surface area (Å²) in [5, 5.41) is 12.0. The van der Waals surface area contributed by atoms with Crippen LogP contribution in [0.3, 0.4) is 0 Å². The summed E-state index contributed by atoms with van der Waals surface area (Å²) in [6, 6.07) is -0.487. The Morgan fingerprint density at radius 1 is 1.42 bits per heavy atom. The van der Waals surface area contributed by atoms with Gasteiger partial charge in [-0.05, 0) is 37.2 Å². The molecule has 0 heterocycles. The number of carboxylic acids is 1. The molecule has 19 heavy (non-hydrogen) atoms. The van der Waals surface area contributed by atoms with Gasteiger partial charge in [0, 0.05) is 6.54 Å². The van der Waals surface area contributed by atoms with Crippen molar-refractivity contribution in [3.63, 3.8) is 0 Å². The van der Waals surface area contributed by atoms with Crippen molar-refractivity contribution in [3.05, 3.63) is 0 Å². The van der Waals surface area contributed by atoms with Gasteiger partial charge in [0.05, 0.1) is 12.0 Å². The largest absolute Gasteiger partial charge is 0.481 e. The summed E-state index contributed by atoms with van der Waals surface area (Å²) in [7, 11) is 0. The van der Waals surface area contributed by atoms with Crippen LogP contribution in [0.25, 0.3) is 0 Å². The second-order valence-electron chi connectivity index (χ2n) is 5.12. The predicted octanol–water partition coefficient (Wildman–Crippen LogP) is 1.07. The van der Waals surface area contributed by atoms with Crippen LogP contribution < -0.4 is 11.1 Å². The molecule has 1 rings (SSSR count). The Hall–Kier alpha value is -0.750. The van der Waals surface area contributed by atoms with Gasteiger partial charge >= 0.3 is 5.97 Å². The second kappa shape index (κ2) is 8.43. The summed E-state index contributed by atoms with van der Waals surface area (Å²) in [5.41, 5.74) is 5.77. The highest BCUT2D eigenvalue weighted by atomic mass is 32.2. The molecule has 0 aromatic carbocycles. The van der Waals surface area contributed by atoms with Gasteiger partial charge in [0.15, 0.2) is 0 Å². The van der Waals surface area contributed by atoms with Crippen molar-refractivity contribution in [2.24, 2.45) is 17.6 Å². The van der Waals surface area contributed by atoms with E-state index in [-0.39, 0.29) is 17.7 Å². The summed E-state index contributed by atoms with van der Waals surface area (Å²) in [6.07, 6.45) is 6.23. The molecule has 0 aliphatic heterocycles. The molecule has 0 aromatic rings. The number of nitrogens with one attached hydrogen (secondary N) is 1. The van der Waals surface area contributed by atoms with E-state index in [4.69, 9.17) is 10.8 Å². The topological polar surface area (TPSA) is 92.4 Å². The van der Waals surface area contributed by atoms with Crippen molar-refractivity contribution in [2.75, 3.05) is 18.6 Å². The summed E-state index contributed by atoms with van der Waals surface area (Å²) in [4.78, 5) is 22.9. The highest BCUT2D eigenvalue weighted by molar-refractivity contribution is 7.98. The van der Waals surface area contributed by atoms with Crippen LogP contribution in [0.1, 0.15) is 32.1 Å². The van der Waals surface area contributed by atoms with Gasteiger partial charge in [0.2, 0.25) is 5.91 Å². The van der Waals surface area contributed by atoms with E-state index in [2.05, 4.69) is 5.32 Å². The predicted molar refractivity (Wildman–Crippen MR) is 77.1 cm³/mol. The Morgan fingerprint density at radius 3 is 2.74 bits per heavy atom. The molecule has 0 saturated heterocycles. The Balaban J connectivity index is 2.37. The number of thioether (sulfide) groups is 1. The molecule has 0 bridgehead atoms. The molecule has 2 unspecified atom stereocenters. The van der Waals surface area contributed by atoms with Crippen LogP contribution in [0.15, 0.2) is 0 Å². The number of hydrogen-bond acceptors (Lipinski definition) is 4. The van der Waals surface area contributed by atoms with E-state index in [0.717, 1.165) is 25.0 Å². The summed E-state index contributed by atoms with van der Waals surface area (Å²) >= 11 is 1.66. The van der Waals surface area contributed by atoms with Crippen molar-refractivity contribution < 1.29 is 14.7 Å². The normalized spacial score (nSPS) is 24.7. The van der Waals surface area contributed by atoms with E-state index >= 15 is 0 Å². The van der Waals surface area contributed by atoms with Crippen LogP contribution in [0.2, 0.25) is 0 Å². The minimum absolute atomic E-state index is 0.0444. The van der Waals surface area contributed by atoms with Crippen molar-refractivity contribution in [1.82, 2.24) is 5.32 Å². The first-order chi connectivity index (χ1) is 9.06. The van der Waals surface area contributed by atoms with Crippen LogP contribution in [-0.2, 0) is 9.59 Å². The number of nitrogens with two attached hydrogens (primary N) is 1. The Kier molecular flexibility index (Phi) is 7.23. The van der Waals surface area contributed by atoms with Gasteiger partial charge in [-0.3, -0.25) is 9.59 Å². The van der Waals surface area contributed by atoms with E-state index in [1.54, 1.807) is 11.8 Å². The van der Waals surface area contributed by atoms with Crippen LogP contribution in [-0.4, -0.2) is 41.6 Å². The molecule has 1 amide bonds. The lowest BCUT2D eigenvalue weighted by molar-refractivity contribution is -0.145. The highest BCUT2D eigenvalue weighted by Gasteiger charge is 2.31. The summed E-state index contributed by atoms with van der Waals surface area (Å²) in [5.74, 6) is -0.329. The molecule has 4 N–H and O–H groups in total. The lowest BCUT2D eigenvalue weighted by atomic mass is 9.79. The molecule has 0 aromatic heterocycles. The van der Waals surface area contributed by atoms with Gasteiger partial charge in [-0.1, -0.05) is 12.8 Å². The Morgan fingerprint density at radius 2 is 2.11 bits per heavy atom. The van der Waals surface area contributed by atoms with Crippen molar-refractivity contribution in [1.29, 1.82) is 0 Å². The Labute approximate surface area is 118 Å². The summed E-state index contributed by atoms with van der Waals surface area (Å²) < 4.78 is 0. The van der Waals surface area contributed by atoms with Gasteiger partial charge in [0.25, 0.3) is 0 Å². The zero-order valence-electron chi connectivity index (χ0n) is 11.4. The molecular formula is C13H24N2O3S. The number of carbonyl (C=O) groups is 2. The molecular weight excluding hydrogens is 264 g/mol. The van der Waals surface area contributed by atoms with Gasteiger partial charge in [-0.25, -0.2) is 0 Å². The monoisotopic (exact) mass is 288 g/mol. The third-order valence-corrected chi connectivity index (χ3v) is 4.38. The average molecular weight is 288 g/mol.